The van der Waals surface area contributed by atoms with Crippen LogP contribution in [-0.4, -0.2) is 0 Å². The third-order valence-corrected chi connectivity index (χ3v) is 2.17. The maximum absolute atomic E-state index is 13.1. The Morgan fingerprint density at radius 1 is 1.58 bits per heavy atom. The van der Waals surface area contributed by atoms with Crippen molar-refractivity contribution < 1.29 is 4.39 Å². The molecule has 0 fully saturated rings. The van der Waals surface area contributed by atoms with E-state index in [1.54, 1.807) is 19.1 Å². The van der Waals surface area contributed by atoms with E-state index in [0.717, 1.165) is 4.47 Å². The van der Waals surface area contributed by atoms with Crippen LogP contribution in [0.15, 0.2) is 22.7 Å². The van der Waals surface area contributed by atoms with Gasteiger partial charge in [-0.25, -0.2) is 4.39 Å². The maximum atomic E-state index is 13.1. The van der Waals surface area contributed by atoms with Crippen LogP contribution < -0.4 is 0 Å². The average molecular weight is 227 g/mol. The lowest BCUT2D eigenvalue weighted by Gasteiger charge is -2.05. The Balaban J connectivity index is 3.15. The molecule has 1 aromatic rings. The SMILES string of the molecule is C#CC(C)c1cc(Br)ccc1F. The highest BCUT2D eigenvalue weighted by atomic mass is 79.9. The maximum Gasteiger partial charge on any atom is 0.127 e. The number of benzene rings is 1. The summed E-state index contributed by atoms with van der Waals surface area (Å²) in [6.45, 7) is 1.80. The molecule has 0 aliphatic carbocycles. The number of halogens is 2. The van der Waals surface area contributed by atoms with Gasteiger partial charge >= 0.3 is 0 Å². The molecule has 1 atom stereocenters. The lowest BCUT2D eigenvalue weighted by atomic mass is 10.0. The Morgan fingerprint density at radius 2 is 2.25 bits per heavy atom. The molecule has 0 radical (unpaired) electrons. The van der Waals surface area contributed by atoms with E-state index >= 15 is 0 Å². The van der Waals surface area contributed by atoms with Crippen molar-refractivity contribution in [2.75, 3.05) is 0 Å². The van der Waals surface area contributed by atoms with E-state index in [0.29, 0.717) is 5.56 Å². The fourth-order valence-electron chi connectivity index (χ4n) is 0.936. The van der Waals surface area contributed by atoms with Crippen molar-refractivity contribution in [2.45, 2.75) is 12.8 Å². The summed E-state index contributed by atoms with van der Waals surface area (Å²) >= 11 is 3.26. The molecule has 1 unspecified atom stereocenters. The van der Waals surface area contributed by atoms with Crippen molar-refractivity contribution in [1.29, 1.82) is 0 Å². The third-order valence-electron chi connectivity index (χ3n) is 1.67. The van der Waals surface area contributed by atoms with Crippen molar-refractivity contribution in [3.63, 3.8) is 0 Å². The van der Waals surface area contributed by atoms with Gasteiger partial charge in [-0.1, -0.05) is 21.9 Å². The minimum Gasteiger partial charge on any atom is -0.207 e. The van der Waals surface area contributed by atoms with Gasteiger partial charge in [-0.05, 0) is 25.1 Å². The van der Waals surface area contributed by atoms with Crippen molar-refractivity contribution in [3.05, 3.63) is 34.1 Å². The van der Waals surface area contributed by atoms with Crippen molar-refractivity contribution in [2.24, 2.45) is 0 Å². The van der Waals surface area contributed by atoms with Gasteiger partial charge in [0.15, 0.2) is 0 Å². The summed E-state index contributed by atoms with van der Waals surface area (Å²) in [6.07, 6.45) is 5.19. The molecule has 0 spiro atoms. The van der Waals surface area contributed by atoms with Gasteiger partial charge in [-0.15, -0.1) is 6.42 Å². The van der Waals surface area contributed by atoms with Gasteiger partial charge in [0, 0.05) is 16.0 Å². The molecule has 0 nitrogen and oxygen atoms in total. The van der Waals surface area contributed by atoms with Crippen LogP contribution in [0.3, 0.4) is 0 Å². The quantitative estimate of drug-likeness (QED) is 0.645. The lowest BCUT2D eigenvalue weighted by Crippen LogP contribution is -1.93. The van der Waals surface area contributed by atoms with Gasteiger partial charge in [0.25, 0.3) is 0 Å². The number of terminal acetylenes is 1. The molecule has 12 heavy (non-hydrogen) atoms. The zero-order chi connectivity index (χ0) is 9.14. The standard InChI is InChI=1S/C10H8BrF/c1-3-7(2)9-6-8(11)4-5-10(9)12/h1,4-7H,2H3. The Kier molecular flexibility index (Phi) is 2.88. The first-order chi connectivity index (χ1) is 5.65. The summed E-state index contributed by atoms with van der Waals surface area (Å²) in [4.78, 5) is 0. The molecular weight excluding hydrogens is 219 g/mol. The molecule has 0 saturated carbocycles. The summed E-state index contributed by atoms with van der Waals surface area (Å²) < 4.78 is 13.9. The Morgan fingerprint density at radius 3 is 2.83 bits per heavy atom. The Labute approximate surface area is 79.9 Å². The zero-order valence-electron chi connectivity index (χ0n) is 6.64. The van der Waals surface area contributed by atoms with Crippen LogP contribution in [0.4, 0.5) is 4.39 Å². The first-order valence-electron chi connectivity index (χ1n) is 3.56. The molecule has 0 aliphatic heterocycles. The van der Waals surface area contributed by atoms with Crippen molar-refractivity contribution in [1.82, 2.24) is 0 Å². The molecule has 0 saturated heterocycles. The zero-order valence-corrected chi connectivity index (χ0v) is 8.23. The molecule has 0 N–H and O–H groups in total. The van der Waals surface area contributed by atoms with Crippen LogP contribution in [0.1, 0.15) is 18.4 Å². The summed E-state index contributed by atoms with van der Waals surface area (Å²) in [5.74, 6) is 2.06. The van der Waals surface area contributed by atoms with Crippen molar-refractivity contribution in [3.8, 4) is 12.3 Å². The second kappa shape index (κ2) is 3.73. The van der Waals surface area contributed by atoms with E-state index in [9.17, 15) is 4.39 Å². The molecule has 0 aromatic heterocycles. The molecular formula is C10H8BrF. The second-order valence-corrected chi connectivity index (χ2v) is 3.47. The fraction of sp³-hybridized carbons (Fsp3) is 0.200. The monoisotopic (exact) mass is 226 g/mol. The number of hydrogen-bond acceptors (Lipinski definition) is 0. The molecule has 0 aliphatic rings. The highest BCUT2D eigenvalue weighted by Gasteiger charge is 2.07. The first kappa shape index (κ1) is 9.28. The molecule has 62 valence electrons. The highest BCUT2D eigenvalue weighted by Crippen LogP contribution is 2.22. The Bertz CT molecular complexity index is 325. The smallest absolute Gasteiger partial charge is 0.127 e. The topological polar surface area (TPSA) is 0 Å². The molecule has 0 bridgehead atoms. The lowest BCUT2D eigenvalue weighted by molar-refractivity contribution is 0.606. The third kappa shape index (κ3) is 1.86. The van der Waals surface area contributed by atoms with E-state index in [1.165, 1.54) is 6.07 Å². The fourth-order valence-corrected chi connectivity index (χ4v) is 1.32. The van der Waals surface area contributed by atoms with Gasteiger partial charge in [0.1, 0.15) is 5.82 Å². The van der Waals surface area contributed by atoms with Gasteiger partial charge in [0.2, 0.25) is 0 Å². The summed E-state index contributed by atoms with van der Waals surface area (Å²) in [5.41, 5.74) is 0.562. The summed E-state index contributed by atoms with van der Waals surface area (Å²) in [5, 5.41) is 0. The number of rotatable bonds is 1. The second-order valence-electron chi connectivity index (χ2n) is 2.55. The van der Waals surface area contributed by atoms with Crippen molar-refractivity contribution >= 4 is 15.9 Å². The van der Waals surface area contributed by atoms with E-state index in [-0.39, 0.29) is 11.7 Å². The van der Waals surface area contributed by atoms with E-state index in [4.69, 9.17) is 6.42 Å². The molecule has 0 heterocycles. The van der Waals surface area contributed by atoms with Gasteiger partial charge < -0.3 is 0 Å². The van der Waals surface area contributed by atoms with Crippen LogP contribution >= 0.6 is 15.9 Å². The van der Waals surface area contributed by atoms with Crippen LogP contribution in [0.25, 0.3) is 0 Å². The largest absolute Gasteiger partial charge is 0.207 e. The normalized spacial score (nSPS) is 12.2. The minimum atomic E-state index is -0.247. The van der Waals surface area contributed by atoms with Gasteiger partial charge in [0.05, 0.1) is 0 Å². The summed E-state index contributed by atoms with van der Waals surface area (Å²) in [6, 6.07) is 4.77. The molecule has 1 aromatic carbocycles. The highest BCUT2D eigenvalue weighted by molar-refractivity contribution is 9.10. The summed E-state index contributed by atoms with van der Waals surface area (Å²) in [7, 11) is 0. The minimum absolute atomic E-state index is 0.178. The van der Waals surface area contributed by atoms with E-state index < -0.39 is 0 Å². The molecule has 0 amide bonds. The predicted molar refractivity (Wildman–Crippen MR) is 51.3 cm³/mol. The first-order valence-corrected chi connectivity index (χ1v) is 4.35. The Hall–Kier alpha value is -0.810. The van der Waals surface area contributed by atoms with Gasteiger partial charge in [-0.3, -0.25) is 0 Å². The van der Waals surface area contributed by atoms with E-state index in [1.807, 2.05) is 0 Å². The molecule has 2 heteroatoms. The van der Waals surface area contributed by atoms with Crippen LogP contribution in [0, 0.1) is 18.2 Å². The van der Waals surface area contributed by atoms with E-state index in [2.05, 4.69) is 21.9 Å². The van der Waals surface area contributed by atoms with Crippen LogP contribution in [0.5, 0.6) is 0 Å². The van der Waals surface area contributed by atoms with Gasteiger partial charge in [-0.2, -0.15) is 0 Å². The van der Waals surface area contributed by atoms with Crippen LogP contribution in [0.2, 0.25) is 0 Å². The van der Waals surface area contributed by atoms with Crippen LogP contribution in [-0.2, 0) is 0 Å². The average Bonchev–Trinajstić information content (AvgIpc) is 2.08. The molecule has 1 rings (SSSR count). The number of hydrogen-bond donors (Lipinski definition) is 0. The predicted octanol–water partition coefficient (Wildman–Crippen LogP) is 3.32.